The van der Waals surface area contributed by atoms with Crippen LogP contribution in [-0.2, 0) is 4.79 Å². The molecule has 2 heterocycles. The van der Waals surface area contributed by atoms with E-state index in [2.05, 4.69) is 4.90 Å². The molecule has 1 aromatic carbocycles. The van der Waals surface area contributed by atoms with Gasteiger partial charge in [-0.2, -0.15) is 0 Å². The summed E-state index contributed by atoms with van der Waals surface area (Å²) in [4.78, 5) is 27.3. The van der Waals surface area contributed by atoms with Crippen LogP contribution in [0.5, 0.6) is 0 Å². The van der Waals surface area contributed by atoms with E-state index in [0.717, 1.165) is 31.5 Å². The molecule has 2 fully saturated rings. The lowest BCUT2D eigenvalue weighted by molar-refractivity contribution is -0.384. The van der Waals surface area contributed by atoms with Crippen LogP contribution in [-0.4, -0.2) is 44.7 Å². The van der Waals surface area contributed by atoms with Crippen molar-refractivity contribution in [2.24, 2.45) is 0 Å². The lowest BCUT2D eigenvalue weighted by Crippen LogP contribution is -2.42. The zero-order valence-electron chi connectivity index (χ0n) is 13.0. The molecule has 0 saturated carbocycles. The van der Waals surface area contributed by atoms with E-state index < -0.39 is 4.92 Å². The minimum Gasteiger partial charge on any atom is -0.286 e. The van der Waals surface area contributed by atoms with Gasteiger partial charge in [0.1, 0.15) is 4.32 Å². The first kappa shape index (κ1) is 17.1. The number of nitro benzene ring substituents is 1. The molecule has 0 N–H and O–H groups in total. The van der Waals surface area contributed by atoms with Crippen molar-refractivity contribution >= 4 is 46.0 Å². The number of rotatable bonds is 4. The Balaban J connectivity index is 1.71. The van der Waals surface area contributed by atoms with Crippen molar-refractivity contribution in [1.29, 1.82) is 0 Å². The monoisotopic (exact) mass is 363 g/mol. The molecule has 0 unspecified atom stereocenters. The van der Waals surface area contributed by atoms with Gasteiger partial charge in [0.15, 0.2) is 0 Å². The Bertz CT molecular complexity index is 697. The fraction of sp³-hybridized carbons (Fsp3) is 0.375. The van der Waals surface area contributed by atoms with Gasteiger partial charge in [-0.15, -0.1) is 0 Å². The number of piperidine rings is 1. The van der Waals surface area contributed by atoms with Crippen molar-refractivity contribution < 1.29 is 9.72 Å². The number of non-ortho nitro benzene ring substituents is 1. The van der Waals surface area contributed by atoms with E-state index in [-0.39, 0.29) is 11.6 Å². The minimum atomic E-state index is -0.443. The van der Waals surface area contributed by atoms with Crippen molar-refractivity contribution in [3.05, 3.63) is 44.8 Å². The molecule has 8 heteroatoms. The van der Waals surface area contributed by atoms with Gasteiger partial charge >= 0.3 is 0 Å². The quantitative estimate of drug-likeness (QED) is 0.354. The highest BCUT2D eigenvalue weighted by atomic mass is 32.2. The van der Waals surface area contributed by atoms with Gasteiger partial charge in [-0.05, 0) is 49.7 Å². The summed E-state index contributed by atoms with van der Waals surface area (Å²) < 4.78 is 0.568. The molecule has 1 amide bonds. The van der Waals surface area contributed by atoms with Gasteiger partial charge in [0.05, 0.1) is 16.5 Å². The second-order valence-electron chi connectivity index (χ2n) is 5.78. The molecule has 24 heavy (non-hydrogen) atoms. The SMILES string of the molecule is O=C1C(=Cc2ccc([N+](=O)[O-])cc2)SC(=S)N1CN1CCCCC1. The van der Waals surface area contributed by atoms with E-state index in [4.69, 9.17) is 12.2 Å². The topological polar surface area (TPSA) is 66.7 Å². The van der Waals surface area contributed by atoms with Crippen molar-refractivity contribution in [3.8, 4) is 0 Å². The molecule has 0 aromatic heterocycles. The molecule has 2 saturated heterocycles. The van der Waals surface area contributed by atoms with E-state index in [1.807, 2.05) is 0 Å². The van der Waals surface area contributed by atoms with Gasteiger partial charge in [-0.1, -0.05) is 30.4 Å². The summed E-state index contributed by atoms with van der Waals surface area (Å²) in [6.07, 6.45) is 5.30. The van der Waals surface area contributed by atoms with Crippen LogP contribution >= 0.6 is 24.0 Å². The maximum Gasteiger partial charge on any atom is 0.269 e. The largest absolute Gasteiger partial charge is 0.286 e. The van der Waals surface area contributed by atoms with Crippen molar-refractivity contribution in [3.63, 3.8) is 0 Å². The molecule has 3 rings (SSSR count). The number of nitro groups is 1. The average molecular weight is 363 g/mol. The summed E-state index contributed by atoms with van der Waals surface area (Å²) in [7, 11) is 0. The number of thioether (sulfide) groups is 1. The molecule has 0 atom stereocenters. The molecule has 2 aliphatic rings. The lowest BCUT2D eigenvalue weighted by Gasteiger charge is -2.29. The first-order valence-electron chi connectivity index (χ1n) is 7.77. The lowest BCUT2D eigenvalue weighted by atomic mass is 10.1. The Morgan fingerprint density at radius 3 is 2.50 bits per heavy atom. The normalized spacial score (nSPS) is 20.8. The molecule has 6 nitrogen and oxygen atoms in total. The first-order valence-corrected chi connectivity index (χ1v) is 8.99. The predicted octanol–water partition coefficient (Wildman–Crippen LogP) is 3.24. The molecule has 1 aromatic rings. The number of hydrogen-bond acceptors (Lipinski definition) is 6. The van der Waals surface area contributed by atoms with Gasteiger partial charge in [0.2, 0.25) is 0 Å². The standard InChI is InChI=1S/C16H17N3O3S2/c20-15-14(10-12-4-6-13(7-5-12)19(21)22)24-16(23)18(15)11-17-8-2-1-3-9-17/h4-7,10H,1-3,8-9,11H2. The molecule has 0 radical (unpaired) electrons. The minimum absolute atomic E-state index is 0.0322. The third-order valence-corrected chi connectivity index (χ3v) is 5.44. The van der Waals surface area contributed by atoms with Gasteiger partial charge < -0.3 is 0 Å². The predicted molar refractivity (Wildman–Crippen MR) is 98.4 cm³/mol. The van der Waals surface area contributed by atoms with Crippen molar-refractivity contribution in [2.45, 2.75) is 19.3 Å². The van der Waals surface area contributed by atoms with Crippen LogP contribution in [0.15, 0.2) is 29.2 Å². The summed E-state index contributed by atoms with van der Waals surface area (Å²) in [5.74, 6) is -0.0890. The van der Waals surface area contributed by atoms with Crippen LogP contribution in [0.4, 0.5) is 5.69 Å². The van der Waals surface area contributed by atoms with Gasteiger partial charge in [0, 0.05) is 12.1 Å². The molecule has 0 spiro atoms. The summed E-state index contributed by atoms with van der Waals surface area (Å²) >= 11 is 6.63. The average Bonchev–Trinajstić information content (AvgIpc) is 2.84. The second kappa shape index (κ2) is 7.42. The highest BCUT2D eigenvalue weighted by Gasteiger charge is 2.33. The van der Waals surface area contributed by atoms with Crippen LogP contribution < -0.4 is 0 Å². The smallest absolute Gasteiger partial charge is 0.269 e. The number of hydrogen-bond donors (Lipinski definition) is 0. The van der Waals surface area contributed by atoms with Crippen LogP contribution in [0.1, 0.15) is 24.8 Å². The van der Waals surface area contributed by atoms with E-state index in [0.29, 0.717) is 15.9 Å². The maximum atomic E-state index is 12.6. The van der Waals surface area contributed by atoms with Crippen molar-refractivity contribution in [2.75, 3.05) is 19.8 Å². The number of thiocarbonyl (C=S) groups is 1. The number of benzene rings is 1. The highest BCUT2D eigenvalue weighted by molar-refractivity contribution is 8.26. The fourth-order valence-electron chi connectivity index (χ4n) is 2.77. The van der Waals surface area contributed by atoms with Crippen molar-refractivity contribution in [1.82, 2.24) is 9.80 Å². The Kier molecular flexibility index (Phi) is 5.27. The Labute approximate surface area is 149 Å². The molecular weight excluding hydrogens is 346 g/mol. The third kappa shape index (κ3) is 3.82. The summed E-state index contributed by atoms with van der Waals surface area (Å²) in [6.45, 7) is 2.54. The first-order chi connectivity index (χ1) is 11.5. The zero-order valence-corrected chi connectivity index (χ0v) is 14.6. The summed E-state index contributed by atoms with van der Waals surface area (Å²) in [5, 5.41) is 10.7. The van der Waals surface area contributed by atoms with E-state index in [1.165, 1.54) is 30.3 Å². The Morgan fingerprint density at radius 2 is 1.88 bits per heavy atom. The van der Waals surface area contributed by atoms with Crippen LogP contribution in [0, 0.1) is 10.1 Å². The number of carbonyl (C=O) groups excluding carboxylic acids is 1. The van der Waals surface area contributed by atoms with Crippen LogP contribution in [0.3, 0.4) is 0 Å². The maximum absolute atomic E-state index is 12.6. The summed E-state index contributed by atoms with van der Waals surface area (Å²) in [6, 6.07) is 6.13. The Hall–Kier alpha value is -1.77. The number of amides is 1. The number of carbonyl (C=O) groups is 1. The molecule has 2 aliphatic heterocycles. The number of likely N-dealkylation sites (tertiary alicyclic amines) is 1. The molecule has 0 bridgehead atoms. The van der Waals surface area contributed by atoms with Gasteiger partial charge in [-0.3, -0.25) is 24.7 Å². The summed E-state index contributed by atoms with van der Waals surface area (Å²) in [5.41, 5.74) is 0.781. The third-order valence-electron chi connectivity index (χ3n) is 4.07. The number of nitrogens with zero attached hydrogens (tertiary/aromatic N) is 3. The fourth-order valence-corrected chi connectivity index (χ4v) is 4.01. The van der Waals surface area contributed by atoms with Gasteiger partial charge in [-0.25, -0.2) is 0 Å². The van der Waals surface area contributed by atoms with Crippen LogP contribution in [0.25, 0.3) is 6.08 Å². The highest BCUT2D eigenvalue weighted by Crippen LogP contribution is 2.33. The van der Waals surface area contributed by atoms with E-state index in [1.54, 1.807) is 23.1 Å². The van der Waals surface area contributed by atoms with E-state index in [9.17, 15) is 14.9 Å². The van der Waals surface area contributed by atoms with E-state index >= 15 is 0 Å². The van der Waals surface area contributed by atoms with Crippen LogP contribution in [0.2, 0.25) is 0 Å². The van der Waals surface area contributed by atoms with Gasteiger partial charge in [0.25, 0.3) is 11.6 Å². The molecule has 126 valence electrons. The molecular formula is C16H17N3O3S2. The second-order valence-corrected chi connectivity index (χ2v) is 7.45. The molecule has 0 aliphatic carbocycles. The Morgan fingerprint density at radius 1 is 1.21 bits per heavy atom. The zero-order chi connectivity index (χ0) is 17.1.